The monoisotopic (exact) mass is 592 g/mol. The molecule has 0 bridgehead atoms. The zero-order valence-corrected chi connectivity index (χ0v) is 25.3. The van der Waals surface area contributed by atoms with Crippen molar-refractivity contribution in [3.05, 3.63) is 179 Å². The summed E-state index contributed by atoms with van der Waals surface area (Å²) in [5.74, 6) is 2.00. The number of nitrogens with zero attached hydrogens (tertiary/aromatic N) is 3. The fraction of sp³-hybridized carbons (Fsp3) is 0.119. The first kappa shape index (κ1) is 26.8. The smallest absolute Gasteiger partial charge is 0.169 e. The number of benzene rings is 4. The van der Waals surface area contributed by atoms with Gasteiger partial charge in [0, 0.05) is 39.7 Å². The number of pyridine rings is 1. The maximum Gasteiger partial charge on any atom is 0.169 e. The van der Waals surface area contributed by atoms with Crippen molar-refractivity contribution in [2.24, 2.45) is 15.9 Å². The molecule has 9 rings (SSSR count). The van der Waals surface area contributed by atoms with Crippen LogP contribution in [0.1, 0.15) is 45.5 Å². The Morgan fingerprint density at radius 2 is 1.24 bits per heavy atom. The van der Waals surface area contributed by atoms with Gasteiger partial charge in [-0.1, -0.05) is 140 Å². The molecule has 0 amide bonds. The van der Waals surface area contributed by atoms with E-state index in [1.165, 1.54) is 27.8 Å². The van der Waals surface area contributed by atoms with E-state index in [0.717, 1.165) is 58.2 Å². The first-order valence-electron chi connectivity index (χ1n) is 16.1. The van der Waals surface area contributed by atoms with E-state index >= 15 is 0 Å². The summed E-state index contributed by atoms with van der Waals surface area (Å²) in [5.41, 5.74) is 13.2. The zero-order chi connectivity index (χ0) is 30.5. The minimum Gasteiger partial charge on any atom is -0.325 e. The number of rotatable bonds is 4. The van der Waals surface area contributed by atoms with Gasteiger partial charge in [0.05, 0.1) is 11.4 Å². The first-order valence-corrected chi connectivity index (χ1v) is 16.1. The van der Waals surface area contributed by atoms with E-state index in [1.54, 1.807) is 0 Å². The highest BCUT2D eigenvalue weighted by Crippen LogP contribution is 2.50. The molecule has 2 heterocycles. The van der Waals surface area contributed by atoms with Crippen molar-refractivity contribution >= 4 is 17.7 Å². The molecule has 5 aromatic rings. The van der Waals surface area contributed by atoms with Crippen LogP contribution in [0.15, 0.2) is 155 Å². The number of allylic oxidation sites excluding steroid dienone is 4. The topological polar surface area (TPSA) is 49.6 Å². The highest BCUT2D eigenvalue weighted by atomic mass is 15.2. The summed E-state index contributed by atoms with van der Waals surface area (Å²) < 4.78 is 0. The zero-order valence-electron chi connectivity index (χ0n) is 25.3. The number of aryl methyl sites for hydroxylation is 1. The Balaban J connectivity index is 1.28. The average Bonchev–Trinajstić information content (AvgIpc) is 3.14. The first-order chi connectivity index (χ1) is 22.8. The maximum absolute atomic E-state index is 5.51. The van der Waals surface area contributed by atoms with Crippen LogP contribution in [0, 0.1) is 5.92 Å². The summed E-state index contributed by atoms with van der Waals surface area (Å²) in [6, 6.07) is 40.2. The van der Waals surface area contributed by atoms with Gasteiger partial charge in [0.1, 0.15) is 11.7 Å². The second-order valence-electron chi connectivity index (χ2n) is 12.3. The van der Waals surface area contributed by atoms with Crippen molar-refractivity contribution < 1.29 is 0 Å². The lowest BCUT2D eigenvalue weighted by Gasteiger charge is -2.37. The van der Waals surface area contributed by atoms with Crippen LogP contribution in [0.2, 0.25) is 0 Å². The Hall–Kier alpha value is -5.61. The average molecular weight is 593 g/mol. The van der Waals surface area contributed by atoms with Crippen molar-refractivity contribution in [3.63, 3.8) is 0 Å². The number of amidine groups is 2. The third-order valence-electron chi connectivity index (χ3n) is 9.63. The third-order valence-corrected chi connectivity index (χ3v) is 9.63. The summed E-state index contributed by atoms with van der Waals surface area (Å²) in [5, 5.41) is 3.69. The molecule has 1 N–H and O–H groups in total. The third kappa shape index (κ3) is 4.49. The van der Waals surface area contributed by atoms with E-state index in [0.29, 0.717) is 0 Å². The molecule has 0 spiro atoms. The van der Waals surface area contributed by atoms with Crippen LogP contribution < -0.4 is 5.32 Å². The Kier molecular flexibility index (Phi) is 6.45. The predicted molar refractivity (Wildman–Crippen MR) is 188 cm³/mol. The van der Waals surface area contributed by atoms with Gasteiger partial charge < -0.3 is 5.32 Å². The molecule has 0 fully saturated rings. The van der Waals surface area contributed by atoms with Gasteiger partial charge >= 0.3 is 0 Å². The quantitative estimate of drug-likeness (QED) is 0.227. The number of fused-ring (bicyclic) bond motifs is 7. The van der Waals surface area contributed by atoms with Crippen LogP contribution in [-0.4, -0.2) is 16.7 Å². The van der Waals surface area contributed by atoms with Crippen LogP contribution in [0.25, 0.3) is 28.6 Å². The number of hydrogen-bond donors (Lipinski definition) is 1. The molecule has 4 nitrogen and oxygen atoms in total. The maximum atomic E-state index is 5.51. The van der Waals surface area contributed by atoms with Gasteiger partial charge in [-0.05, 0) is 41.2 Å². The minimum atomic E-state index is -0.344. The predicted octanol–water partition coefficient (Wildman–Crippen LogP) is 8.88. The number of hydrogen-bond acceptors (Lipinski definition) is 4. The van der Waals surface area contributed by atoms with Crippen LogP contribution in [0.5, 0.6) is 0 Å². The Morgan fingerprint density at radius 1 is 0.587 bits per heavy atom. The summed E-state index contributed by atoms with van der Waals surface area (Å²) in [4.78, 5) is 15.9. The summed E-state index contributed by atoms with van der Waals surface area (Å²) >= 11 is 0. The molecular weight excluding hydrogens is 560 g/mol. The highest BCUT2D eigenvalue weighted by molar-refractivity contribution is 6.18. The van der Waals surface area contributed by atoms with E-state index in [-0.39, 0.29) is 18.0 Å². The van der Waals surface area contributed by atoms with Gasteiger partial charge in [0.15, 0.2) is 6.17 Å². The van der Waals surface area contributed by atoms with Crippen LogP contribution >= 0.6 is 0 Å². The Bertz CT molecular complexity index is 2120. The van der Waals surface area contributed by atoms with E-state index in [9.17, 15) is 0 Å². The number of nitrogens with one attached hydrogen (secondary N) is 1. The molecule has 4 aliphatic rings. The number of aromatic nitrogens is 1. The molecule has 0 radical (unpaired) electrons. The van der Waals surface area contributed by atoms with Crippen LogP contribution in [-0.2, 0) is 12.8 Å². The van der Waals surface area contributed by atoms with Crippen molar-refractivity contribution in [2.75, 3.05) is 0 Å². The van der Waals surface area contributed by atoms with Gasteiger partial charge in [-0.15, -0.1) is 0 Å². The van der Waals surface area contributed by atoms with Gasteiger partial charge in [-0.2, -0.15) is 0 Å². The van der Waals surface area contributed by atoms with E-state index < -0.39 is 0 Å². The molecule has 46 heavy (non-hydrogen) atoms. The molecule has 1 aromatic heterocycles. The molecular formula is C42H32N4. The second-order valence-corrected chi connectivity index (χ2v) is 12.3. The lowest BCUT2D eigenvalue weighted by molar-refractivity contribution is 0.655. The van der Waals surface area contributed by atoms with Gasteiger partial charge in [0.2, 0.25) is 0 Å². The largest absolute Gasteiger partial charge is 0.325 e. The van der Waals surface area contributed by atoms with Crippen molar-refractivity contribution in [2.45, 2.75) is 24.9 Å². The molecule has 0 saturated heterocycles. The van der Waals surface area contributed by atoms with Crippen LogP contribution in [0.4, 0.5) is 0 Å². The molecule has 4 aromatic carbocycles. The molecule has 1 aliphatic heterocycles. The lowest BCUT2D eigenvalue weighted by atomic mass is 9.68. The van der Waals surface area contributed by atoms with Crippen molar-refractivity contribution in [3.8, 4) is 22.5 Å². The van der Waals surface area contributed by atoms with Gasteiger partial charge in [0.25, 0.3) is 0 Å². The van der Waals surface area contributed by atoms with Crippen molar-refractivity contribution in [1.82, 2.24) is 10.3 Å². The molecule has 3 aliphatic carbocycles. The molecule has 3 atom stereocenters. The summed E-state index contributed by atoms with van der Waals surface area (Å²) in [7, 11) is 0. The molecule has 4 heteroatoms. The standard InChI is InChI=1S/C42H32N4/c1-4-15-28(16-5-1)38-36-26-35(42-45-40(29-17-6-2-7-18-29)44-41(46-42)30-19-8-3-9-20-30)32-22-12-13-23-33(32)37(36)34-25-24-27-14-10-11-21-31(27)39(34)43-38/h1-23,26,32-33,40H,24-25H2,(H,44,45,46). The fourth-order valence-electron chi connectivity index (χ4n) is 7.48. The summed E-state index contributed by atoms with van der Waals surface area (Å²) in [6.07, 6.45) is 13.2. The Morgan fingerprint density at radius 3 is 2.02 bits per heavy atom. The lowest BCUT2D eigenvalue weighted by Crippen LogP contribution is -2.39. The van der Waals surface area contributed by atoms with Gasteiger partial charge in [-0.25, -0.2) is 15.0 Å². The fourth-order valence-corrected chi connectivity index (χ4v) is 7.48. The van der Waals surface area contributed by atoms with E-state index in [4.69, 9.17) is 15.0 Å². The minimum absolute atomic E-state index is 0.127. The number of aliphatic imine (C=N–C) groups is 2. The SMILES string of the molecule is C1=CC2C(C3=NC(c4ccccc4)N=C(c4ccccc4)N3)=Cc3c(-c4ccccc4)nc4c(c3C2C=C1)CCc1ccccc1-4. The van der Waals surface area contributed by atoms with E-state index in [1.807, 2.05) is 12.1 Å². The van der Waals surface area contributed by atoms with E-state index in [2.05, 4.69) is 139 Å². The highest BCUT2D eigenvalue weighted by Gasteiger charge is 2.38. The van der Waals surface area contributed by atoms with Crippen LogP contribution in [0.3, 0.4) is 0 Å². The molecule has 220 valence electrons. The molecule has 0 saturated carbocycles. The second kappa shape index (κ2) is 11.1. The Labute approximate surface area is 269 Å². The van der Waals surface area contributed by atoms with Gasteiger partial charge in [-0.3, -0.25) is 0 Å². The summed E-state index contributed by atoms with van der Waals surface area (Å²) in [6.45, 7) is 0. The van der Waals surface area contributed by atoms with Crippen molar-refractivity contribution in [1.29, 1.82) is 0 Å². The normalized spacial score (nSPS) is 20.6. The molecule has 3 unspecified atom stereocenters.